The molecule has 0 amide bonds. The van der Waals surface area contributed by atoms with Gasteiger partial charge in [-0.15, -0.1) is 0 Å². The summed E-state index contributed by atoms with van der Waals surface area (Å²) in [5.74, 6) is 0. The van der Waals surface area contributed by atoms with Gasteiger partial charge >= 0.3 is 0 Å². The van der Waals surface area contributed by atoms with E-state index < -0.39 is 0 Å². The van der Waals surface area contributed by atoms with Crippen LogP contribution in [0.4, 0.5) is 0 Å². The number of hydrogen-bond donors (Lipinski definition) is 0. The van der Waals surface area contributed by atoms with E-state index in [1.807, 2.05) is 32.1 Å². The van der Waals surface area contributed by atoms with Gasteiger partial charge in [-0.25, -0.2) is 0 Å². The molecule has 1 aromatic heterocycles. The van der Waals surface area contributed by atoms with Gasteiger partial charge in [0.05, 0.1) is 15.9 Å². The molecular formula is C12H11ClN2. The highest BCUT2D eigenvalue weighted by molar-refractivity contribution is 6.31. The van der Waals surface area contributed by atoms with Crippen molar-refractivity contribution in [3.05, 3.63) is 39.5 Å². The van der Waals surface area contributed by atoms with E-state index in [4.69, 9.17) is 16.9 Å². The first-order chi connectivity index (χ1) is 7.10. The Morgan fingerprint density at radius 3 is 2.80 bits per heavy atom. The van der Waals surface area contributed by atoms with Crippen molar-refractivity contribution in [3.63, 3.8) is 0 Å². The van der Waals surface area contributed by atoms with Crippen LogP contribution in [0, 0.1) is 11.3 Å². The van der Waals surface area contributed by atoms with E-state index in [2.05, 4.69) is 11.6 Å². The van der Waals surface area contributed by atoms with E-state index in [1.165, 1.54) is 6.20 Å². The fraction of sp³-hybridized carbons (Fsp3) is 0.167. The highest BCUT2D eigenvalue weighted by Gasteiger charge is 2.02. The molecule has 1 rings (SSSR count). The van der Waals surface area contributed by atoms with E-state index >= 15 is 0 Å². The van der Waals surface area contributed by atoms with Crippen LogP contribution in [-0.4, -0.2) is 4.98 Å². The Hall–Kier alpha value is -1.59. The van der Waals surface area contributed by atoms with Crippen molar-refractivity contribution in [2.24, 2.45) is 0 Å². The van der Waals surface area contributed by atoms with Gasteiger partial charge < -0.3 is 0 Å². The minimum atomic E-state index is 0.384. The number of halogens is 1. The number of rotatable bonds is 1. The molecular weight excluding hydrogens is 208 g/mol. The molecule has 0 N–H and O–H groups in total. The third-order valence-electron chi connectivity index (χ3n) is 1.87. The second-order valence-electron chi connectivity index (χ2n) is 3.18. The zero-order chi connectivity index (χ0) is 11.4. The minimum absolute atomic E-state index is 0.384. The monoisotopic (exact) mass is 218 g/mol. The first-order valence-corrected chi connectivity index (χ1v) is 4.86. The number of nitrogens with zero attached hydrogens (tertiary/aromatic N) is 2. The first kappa shape index (κ1) is 11.5. The van der Waals surface area contributed by atoms with Gasteiger partial charge in [0.1, 0.15) is 6.07 Å². The zero-order valence-corrected chi connectivity index (χ0v) is 9.47. The smallest absolute Gasteiger partial charge is 0.102 e. The molecule has 0 saturated carbocycles. The minimum Gasteiger partial charge on any atom is -0.255 e. The third-order valence-corrected chi connectivity index (χ3v) is 2.27. The summed E-state index contributed by atoms with van der Waals surface area (Å²) in [6.45, 7) is 7.53. The largest absolute Gasteiger partial charge is 0.255 e. The topological polar surface area (TPSA) is 36.7 Å². The summed E-state index contributed by atoms with van der Waals surface area (Å²) in [6, 6.07) is 2.00. The second kappa shape index (κ2) is 4.77. The normalized spacial score (nSPS) is 12.7. The molecule has 0 unspecified atom stereocenters. The van der Waals surface area contributed by atoms with E-state index in [9.17, 15) is 0 Å². The highest BCUT2D eigenvalue weighted by atomic mass is 35.5. The summed E-state index contributed by atoms with van der Waals surface area (Å²) in [5, 5.41) is 10.8. The Kier molecular flexibility index (Phi) is 3.65. The number of nitriles is 1. The van der Waals surface area contributed by atoms with E-state index in [-0.39, 0.29) is 0 Å². The van der Waals surface area contributed by atoms with Crippen LogP contribution in [0.2, 0.25) is 5.02 Å². The predicted molar refractivity (Wildman–Crippen MR) is 62.6 cm³/mol. The molecule has 0 aliphatic heterocycles. The predicted octanol–water partition coefficient (Wildman–Crippen LogP) is 1.76. The Bertz CT molecular complexity index is 550. The van der Waals surface area contributed by atoms with Crippen molar-refractivity contribution >= 4 is 23.8 Å². The SMILES string of the molecule is C=C(C)/C=c1/c(Cl)c(C#N)cnc1=CC. The van der Waals surface area contributed by atoms with Crippen LogP contribution in [-0.2, 0) is 0 Å². The lowest BCUT2D eigenvalue weighted by molar-refractivity contribution is 1.20. The standard InChI is InChI=1S/C12H11ClN2/c1-4-11-10(5-8(2)3)12(13)9(6-14)7-15-11/h4-5,7H,2H2,1,3H3/b10-5+,11-4?. The lowest BCUT2D eigenvalue weighted by Crippen LogP contribution is -2.29. The number of allylic oxidation sites excluding steroid dienone is 1. The summed E-state index contributed by atoms with van der Waals surface area (Å²) in [7, 11) is 0. The fourth-order valence-electron chi connectivity index (χ4n) is 1.21. The quantitative estimate of drug-likeness (QED) is 0.720. The molecule has 0 saturated heterocycles. The summed E-state index contributed by atoms with van der Waals surface area (Å²) >= 11 is 6.08. The maximum atomic E-state index is 8.82. The van der Waals surface area contributed by atoms with Crippen LogP contribution >= 0.6 is 11.6 Å². The molecule has 0 fully saturated rings. The van der Waals surface area contributed by atoms with Crippen molar-refractivity contribution < 1.29 is 0 Å². The molecule has 0 atom stereocenters. The molecule has 0 aliphatic rings. The van der Waals surface area contributed by atoms with Crippen molar-refractivity contribution in [3.8, 4) is 6.07 Å². The average molecular weight is 219 g/mol. The second-order valence-corrected chi connectivity index (χ2v) is 3.55. The molecule has 0 spiro atoms. The van der Waals surface area contributed by atoms with Crippen LogP contribution in [0.25, 0.3) is 12.2 Å². The Morgan fingerprint density at radius 2 is 2.33 bits per heavy atom. The van der Waals surface area contributed by atoms with Crippen LogP contribution in [0.5, 0.6) is 0 Å². The van der Waals surface area contributed by atoms with Gasteiger partial charge in [-0.05, 0) is 19.9 Å². The van der Waals surface area contributed by atoms with Gasteiger partial charge in [0.15, 0.2) is 0 Å². The molecule has 76 valence electrons. The summed E-state index contributed by atoms with van der Waals surface area (Å²) in [4.78, 5) is 4.15. The van der Waals surface area contributed by atoms with Crippen molar-refractivity contribution in [2.45, 2.75) is 13.8 Å². The van der Waals surface area contributed by atoms with Gasteiger partial charge in [0.25, 0.3) is 0 Å². The molecule has 0 bridgehead atoms. The number of hydrogen-bond acceptors (Lipinski definition) is 2. The Morgan fingerprint density at radius 1 is 1.67 bits per heavy atom. The van der Waals surface area contributed by atoms with Crippen LogP contribution in [0.15, 0.2) is 18.3 Å². The third kappa shape index (κ3) is 2.45. The average Bonchev–Trinajstić information content (AvgIpc) is 2.20. The molecule has 15 heavy (non-hydrogen) atoms. The fourth-order valence-corrected chi connectivity index (χ4v) is 1.45. The molecule has 0 aromatic carbocycles. The van der Waals surface area contributed by atoms with Crippen LogP contribution in [0.1, 0.15) is 19.4 Å². The van der Waals surface area contributed by atoms with Crippen LogP contribution < -0.4 is 10.6 Å². The Labute approximate surface area is 93.8 Å². The van der Waals surface area contributed by atoms with Gasteiger partial charge in [-0.2, -0.15) is 5.26 Å². The molecule has 1 aromatic rings. The van der Waals surface area contributed by atoms with Crippen molar-refractivity contribution in [1.82, 2.24) is 4.98 Å². The number of pyridine rings is 1. The molecule has 0 radical (unpaired) electrons. The van der Waals surface area contributed by atoms with E-state index in [0.29, 0.717) is 10.6 Å². The first-order valence-electron chi connectivity index (χ1n) is 4.48. The van der Waals surface area contributed by atoms with E-state index in [0.717, 1.165) is 16.1 Å². The molecule has 0 aliphatic carbocycles. The molecule has 3 heteroatoms. The lowest BCUT2D eigenvalue weighted by Gasteiger charge is -1.97. The summed E-state index contributed by atoms with van der Waals surface area (Å²) < 4.78 is 0. The lowest BCUT2D eigenvalue weighted by atomic mass is 10.2. The maximum absolute atomic E-state index is 8.82. The summed E-state index contributed by atoms with van der Waals surface area (Å²) in [6.07, 6.45) is 5.15. The summed E-state index contributed by atoms with van der Waals surface area (Å²) in [5.41, 5.74) is 1.26. The van der Waals surface area contributed by atoms with Gasteiger partial charge in [0, 0.05) is 11.4 Å². The van der Waals surface area contributed by atoms with Crippen molar-refractivity contribution in [2.75, 3.05) is 0 Å². The van der Waals surface area contributed by atoms with Gasteiger partial charge in [0.2, 0.25) is 0 Å². The molecule has 1 heterocycles. The zero-order valence-electron chi connectivity index (χ0n) is 8.71. The maximum Gasteiger partial charge on any atom is 0.102 e. The Balaban J connectivity index is 3.76. The van der Waals surface area contributed by atoms with E-state index in [1.54, 1.807) is 0 Å². The van der Waals surface area contributed by atoms with Gasteiger partial charge in [-0.1, -0.05) is 29.8 Å². The van der Waals surface area contributed by atoms with Crippen LogP contribution in [0.3, 0.4) is 0 Å². The number of aromatic nitrogens is 1. The van der Waals surface area contributed by atoms with Gasteiger partial charge in [-0.3, -0.25) is 4.98 Å². The van der Waals surface area contributed by atoms with Crippen molar-refractivity contribution in [1.29, 1.82) is 5.26 Å². The molecule has 2 nitrogen and oxygen atoms in total. The highest BCUT2D eigenvalue weighted by Crippen LogP contribution is 2.06.